The Kier molecular flexibility index (Phi) is 3.59. The van der Waals surface area contributed by atoms with Gasteiger partial charge in [0, 0.05) is 32.2 Å². The molecule has 0 bridgehead atoms. The Balaban J connectivity index is 1.67. The topological polar surface area (TPSA) is 55.6 Å². The fourth-order valence-corrected chi connectivity index (χ4v) is 2.33. The van der Waals surface area contributed by atoms with Crippen LogP contribution >= 0.6 is 0 Å². The van der Waals surface area contributed by atoms with E-state index < -0.39 is 0 Å². The first kappa shape index (κ1) is 10.9. The Morgan fingerprint density at radius 3 is 2.93 bits per heavy atom. The molecule has 86 valence electrons. The number of hydrogen-bond acceptors (Lipinski definition) is 3. The van der Waals surface area contributed by atoms with E-state index in [1.54, 1.807) is 0 Å². The predicted octanol–water partition coefficient (Wildman–Crippen LogP) is 0.505. The van der Waals surface area contributed by atoms with E-state index in [0.29, 0.717) is 12.5 Å². The number of carbonyl (C=O) groups is 1. The largest absolute Gasteiger partial charge is 0.378 e. The van der Waals surface area contributed by atoms with Gasteiger partial charge in [-0.15, -0.1) is 0 Å². The molecule has 2 fully saturated rings. The van der Waals surface area contributed by atoms with Crippen molar-refractivity contribution in [3.8, 4) is 0 Å². The van der Waals surface area contributed by atoms with Gasteiger partial charge in [-0.2, -0.15) is 0 Å². The van der Waals surface area contributed by atoms with Crippen molar-refractivity contribution in [2.45, 2.75) is 44.2 Å². The molecule has 2 atom stereocenters. The van der Waals surface area contributed by atoms with Crippen LogP contribution in [0.15, 0.2) is 0 Å². The Bertz CT molecular complexity index is 227. The quantitative estimate of drug-likeness (QED) is 0.741. The van der Waals surface area contributed by atoms with Crippen LogP contribution in [0, 0.1) is 0 Å². The highest BCUT2D eigenvalue weighted by molar-refractivity contribution is 5.76. The van der Waals surface area contributed by atoms with E-state index in [0.717, 1.165) is 45.4 Å². The average molecular weight is 212 g/mol. The first-order valence-electron chi connectivity index (χ1n) is 5.90. The summed E-state index contributed by atoms with van der Waals surface area (Å²) in [5.74, 6) is 0.249. The second kappa shape index (κ2) is 4.94. The van der Waals surface area contributed by atoms with E-state index in [4.69, 9.17) is 10.5 Å². The zero-order chi connectivity index (χ0) is 10.7. The summed E-state index contributed by atoms with van der Waals surface area (Å²) in [5.41, 5.74) is 5.76. The van der Waals surface area contributed by atoms with Crippen molar-refractivity contribution in [1.82, 2.24) is 4.90 Å². The molecule has 0 spiro atoms. The fraction of sp³-hybridized carbons (Fsp3) is 0.909. The normalized spacial score (nSPS) is 31.1. The minimum Gasteiger partial charge on any atom is -0.378 e. The summed E-state index contributed by atoms with van der Waals surface area (Å²) in [5, 5.41) is 0. The minimum absolute atomic E-state index is 0.191. The third-order valence-electron chi connectivity index (χ3n) is 3.28. The molecule has 2 N–H and O–H groups in total. The monoisotopic (exact) mass is 212 g/mol. The van der Waals surface area contributed by atoms with Crippen LogP contribution in [-0.2, 0) is 9.53 Å². The molecule has 2 aliphatic heterocycles. The molecule has 0 aromatic carbocycles. The molecule has 4 heteroatoms. The van der Waals surface area contributed by atoms with E-state index >= 15 is 0 Å². The smallest absolute Gasteiger partial charge is 0.222 e. The summed E-state index contributed by atoms with van der Waals surface area (Å²) in [6.07, 6.45) is 5.04. The molecule has 2 saturated heterocycles. The molecule has 0 aromatic heterocycles. The molecule has 2 aliphatic rings. The zero-order valence-electron chi connectivity index (χ0n) is 9.15. The number of rotatable bonds is 3. The second-order valence-electron chi connectivity index (χ2n) is 4.56. The summed E-state index contributed by atoms with van der Waals surface area (Å²) >= 11 is 0. The SMILES string of the molecule is N[C@H]1CCN(C(=O)CCC2CCCO2)C1. The number of likely N-dealkylation sites (tertiary alicyclic amines) is 1. The van der Waals surface area contributed by atoms with Gasteiger partial charge in [-0.25, -0.2) is 0 Å². The van der Waals surface area contributed by atoms with Gasteiger partial charge < -0.3 is 15.4 Å². The van der Waals surface area contributed by atoms with Gasteiger partial charge in [0.25, 0.3) is 0 Å². The zero-order valence-corrected chi connectivity index (χ0v) is 9.15. The maximum atomic E-state index is 11.8. The van der Waals surface area contributed by atoms with Crippen LogP contribution in [0.4, 0.5) is 0 Å². The number of ether oxygens (including phenoxy) is 1. The predicted molar refractivity (Wildman–Crippen MR) is 57.4 cm³/mol. The van der Waals surface area contributed by atoms with Gasteiger partial charge in [0.2, 0.25) is 5.91 Å². The highest BCUT2D eigenvalue weighted by Crippen LogP contribution is 2.18. The van der Waals surface area contributed by atoms with Crippen molar-refractivity contribution in [2.75, 3.05) is 19.7 Å². The lowest BCUT2D eigenvalue weighted by molar-refractivity contribution is -0.130. The number of nitrogens with zero attached hydrogens (tertiary/aromatic N) is 1. The summed E-state index contributed by atoms with van der Waals surface area (Å²) in [6, 6.07) is 0.191. The Morgan fingerprint density at radius 1 is 1.47 bits per heavy atom. The van der Waals surface area contributed by atoms with E-state index in [9.17, 15) is 4.79 Å². The Labute approximate surface area is 90.8 Å². The molecule has 1 unspecified atom stereocenters. The number of carbonyl (C=O) groups excluding carboxylic acids is 1. The van der Waals surface area contributed by atoms with Crippen molar-refractivity contribution in [3.63, 3.8) is 0 Å². The second-order valence-corrected chi connectivity index (χ2v) is 4.56. The van der Waals surface area contributed by atoms with Crippen molar-refractivity contribution in [3.05, 3.63) is 0 Å². The van der Waals surface area contributed by atoms with Crippen molar-refractivity contribution >= 4 is 5.91 Å². The molecular formula is C11H20N2O2. The molecule has 2 heterocycles. The van der Waals surface area contributed by atoms with Crippen molar-refractivity contribution in [1.29, 1.82) is 0 Å². The van der Waals surface area contributed by atoms with Crippen LogP contribution < -0.4 is 5.73 Å². The third kappa shape index (κ3) is 2.92. The molecule has 2 rings (SSSR count). The Hall–Kier alpha value is -0.610. The number of hydrogen-bond donors (Lipinski definition) is 1. The lowest BCUT2D eigenvalue weighted by atomic mass is 10.1. The van der Waals surface area contributed by atoms with E-state index in [2.05, 4.69) is 0 Å². The maximum Gasteiger partial charge on any atom is 0.222 e. The van der Waals surface area contributed by atoms with E-state index in [-0.39, 0.29) is 11.9 Å². The summed E-state index contributed by atoms with van der Waals surface area (Å²) in [7, 11) is 0. The van der Waals surface area contributed by atoms with Gasteiger partial charge in [-0.05, 0) is 25.7 Å². The highest BCUT2D eigenvalue weighted by Gasteiger charge is 2.24. The summed E-state index contributed by atoms with van der Waals surface area (Å²) in [4.78, 5) is 13.7. The molecule has 4 nitrogen and oxygen atoms in total. The van der Waals surface area contributed by atoms with Crippen LogP contribution in [0.2, 0.25) is 0 Å². The standard InChI is InChI=1S/C11H20N2O2/c12-9-5-6-13(8-9)11(14)4-3-10-2-1-7-15-10/h9-10H,1-8,12H2/t9-,10?/m0/s1. The van der Waals surface area contributed by atoms with Crippen LogP contribution in [-0.4, -0.2) is 42.6 Å². The lowest BCUT2D eigenvalue weighted by Crippen LogP contribution is -2.32. The molecule has 0 radical (unpaired) electrons. The number of nitrogens with two attached hydrogens (primary N) is 1. The van der Waals surface area contributed by atoms with Gasteiger partial charge in [-0.1, -0.05) is 0 Å². The summed E-state index contributed by atoms with van der Waals surface area (Å²) < 4.78 is 5.49. The van der Waals surface area contributed by atoms with Gasteiger partial charge in [0.1, 0.15) is 0 Å². The lowest BCUT2D eigenvalue weighted by Gasteiger charge is -2.16. The minimum atomic E-state index is 0.191. The van der Waals surface area contributed by atoms with Gasteiger partial charge in [-0.3, -0.25) is 4.79 Å². The average Bonchev–Trinajstić information content (AvgIpc) is 2.84. The first-order valence-corrected chi connectivity index (χ1v) is 5.90. The third-order valence-corrected chi connectivity index (χ3v) is 3.28. The van der Waals surface area contributed by atoms with Crippen molar-refractivity contribution in [2.24, 2.45) is 5.73 Å². The van der Waals surface area contributed by atoms with Crippen LogP contribution in [0.5, 0.6) is 0 Å². The molecule has 0 saturated carbocycles. The highest BCUT2D eigenvalue weighted by atomic mass is 16.5. The molecule has 0 aliphatic carbocycles. The van der Waals surface area contributed by atoms with Gasteiger partial charge >= 0.3 is 0 Å². The van der Waals surface area contributed by atoms with Crippen LogP contribution in [0.3, 0.4) is 0 Å². The van der Waals surface area contributed by atoms with Crippen LogP contribution in [0.25, 0.3) is 0 Å². The van der Waals surface area contributed by atoms with E-state index in [1.165, 1.54) is 0 Å². The van der Waals surface area contributed by atoms with Gasteiger partial charge in [0.15, 0.2) is 0 Å². The molecule has 1 amide bonds. The number of amides is 1. The fourth-order valence-electron chi connectivity index (χ4n) is 2.33. The van der Waals surface area contributed by atoms with Gasteiger partial charge in [0.05, 0.1) is 6.10 Å². The summed E-state index contributed by atoms with van der Waals surface area (Å²) in [6.45, 7) is 2.45. The molecule has 15 heavy (non-hydrogen) atoms. The van der Waals surface area contributed by atoms with Crippen molar-refractivity contribution < 1.29 is 9.53 Å². The Morgan fingerprint density at radius 2 is 2.33 bits per heavy atom. The molecule has 0 aromatic rings. The van der Waals surface area contributed by atoms with E-state index in [1.807, 2.05) is 4.90 Å². The molecular weight excluding hydrogens is 192 g/mol. The first-order chi connectivity index (χ1) is 7.25. The maximum absolute atomic E-state index is 11.8. The van der Waals surface area contributed by atoms with Crippen LogP contribution in [0.1, 0.15) is 32.1 Å².